The zero-order valence-electron chi connectivity index (χ0n) is 6.02. The third-order valence-electron chi connectivity index (χ3n) is 1.13. The second kappa shape index (κ2) is 3.85. The van der Waals surface area contributed by atoms with Gasteiger partial charge in [0.25, 0.3) is 12.5 Å². The summed E-state index contributed by atoms with van der Waals surface area (Å²) in [6.45, 7) is 0. The number of benzene rings is 1. The maximum absolute atomic E-state index is 8.16. The highest BCUT2D eigenvalue weighted by Crippen LogP contribution is 2.18. The Morgan fingerprint density at radius 1 is 1.00 bits per heavy atom. The van der Waals surface area contributed by atoms with Gasteiger partial charge in [-0.25, -0.2) is 0 Å². The summed E-state index contributed by atoms with van der Waals surface area (Å²) in [6, 6.07) is 6.26. The van der Waals surface area contributed by atoms with Crippen molar-refractivity contribution in [1.29, 1.82) is 10.5 Å². The van der Waals surface area contributed by atoms with Crippen LogP contribution in [0.15, 0.2) is 24.3 Å². The van der Waals surface area contributed by atoms with Crippen molar-refractivity contribution in [1.82, 2.24) is 0 Å². The third-order valence-corrected chi connectivity index (χ3v) is 1.13. The summed E-state index contributed by atoms with van der Waals surface area (Å²) >= 11 is 0. The van der Waals surface area contributed by atoms with Crippen LogP contribution in [0.1, 0.15) is 0 Å². The molecule has 0 aromatic heterocycles. The molecule has 0 radical (unpaired) electrons. The average molecular weight is 160 g/mol. The second-order valence-electron chi connectivity index (χ2n) is 1.86. The van der Waals surface area contributed by atoms with Crippen LogP contribution in [0.5, 0.6) is 11.5 Å². The van der Waals surface area contributed by atoms with Crippen LogP contribution in [0.3, 0.4) is 0 Å². The Morgan fingerprint density at radius 3 is 1.92 bits per heavy atom. The van der Waals surface area contributed by atoms with Crippen molar-refractivity contribution >= 4 is 0 Å². The van der Waals surface area contributed by atoms with Gasteiger partial charge in [-0.3, -0.25) is 0 Å². The molecule has 12 heavy (non-hydrogen) atoms. The fourth-order valence-corrected chi connectivity index (χ4v) is 0.707. The molecule has 0 N–H and O–H groups in total. The van der Waals surface area contributed by atoms with E-state index in [1.54, 1.807) is 18.2 Å². The molecule has 0 bridgehead atoms. The van der Waals surface area contributed by atoms with Gasteiger partial charge in [-0.2, -0.15) is 0 Å². The number of hydrogen-bond donors (Lipinski definition) is 0. The van der Waals surface area contributed by atoms with Crippen LogP contribution in [0, 0.1) is 23.0 Å². The van der Waals surface area contributed by atoms with Gasteiger partial charge in [0.2, 0.25) is 0 Å². The summed E-state index contributed by atoms with van der Waals surface area (Å²) in [5, 5.41) is 16.3. The Morgan fingerprint density at radius 2 is 1.50 bits per heavy atom. The van der Waals surface area contributed by atoms with Crippen molar-refractivity contribution < 1.29 is 9.47 Å². The standard InChI is InChI=1S/C8H4N2O2/c9-5-11-7-2-1-3-8(4-7)12-6-10/h1-4H. The van der Waals surface area contributed by atoms with Gasteiger partial charge in [0.15, 0.2) is 0 Å². The van der Waals surface area contributed by atoms with E-state index in [2.05, 4.69) is 9.47 Å². The lowest BCUT2D eigenvalue weighted by Gasteiger charge is -1.97. The lowest BCUT2D eigenvalue weighted by atomic mass is 10.3. The van der Waals surface area contributed by atoms with Crippen LogP contribution in [-0.4, -0.2) is 0 Å². The van der Waals surface area contributed by atoms with Crippen molar-refractivity contribution in [3.05, 3.63) is 24.3 Å². The Kier molecular flexibility index (Phi) is 2.53. The highest BCUT2D eigenvalue weighted by atomic mass is 16.5. The lowest BCUT2D eigenvalue weighted by Crippen LogP contribution is -1.84. The Hall–Kier alpha value is -2.20. The van der Waals surface area contributed by atoms with Gasteiger partial charge in [-0.05, 0) is 12.1 Å². The van der Waals surface area contributed by atoms with Crippen molar-refractivity contribution in [3.8, 4) is 24.0 Å². The molecule has 0 aliphatic carbocycles. The largest absolute Gasteiger partial charge is 0.388 e. The molecule has 4 heteroatoms. The highest BCUT2D eigenvalue weighted by molar-refractivity contribution is 5.34. The summed E-state index contributed by atoms with van der Waals surface area (Å²) in [7, 11) is 0. The van der Waals surface area contributed by atoms with E-state index in [4.69, 9.17) is 10.5 Å². The van der Waals surface area contributed by atoms with E-state index in [0.717, 1.165) is 0 Å². The highest BCUT2D eigenvalue weighted by Gasteiger charge is 1.96. The minimum Gasteiger partial charge on any atom is -0.388 e. The zero-order chi connectivity index (χ0) is 8.81. The molecule has 0 saturated carbocycles. The molecule has 1 aromatic carbocycles. The normalized spacial score (nSPS) is 7.83. The number of ether oxygens (including phenoxy) is 2. The van der Waals surface area contributed by atoms with Crippen molar-refractivity contribution in [2.45, 2.75) is 0 Å². The molecule has 4 nitrogen and oxygen atoms in total. The van der Waals surface area contributed by atoms with Crippen molar-refractivity contribution in [2.24, 2.45) is 0 Å². The van der Waals surface area contributed by atoms with Crippen molar-refractivity contribution in [2.75, 3.05) is 0 Å². The quantitative estimate of drug-likeness (QED) is 0.613. The molecule has 0 aliphatic heterocycles. The van der Waals surface area contributed by atoms with E-state index < -0.39 is 0 Å². The van der Waals surface area contributed by atoms with Gasteiger partial charge < -0.3 is 9.47 Å². The molecule has 0 unspecified atom stereocenters. The van der Waals surface area contributed by atoms with E-state index in [1.165, 1.54) is 18.6 Å². The Bertz CT molecular complexity index is 318. The van der Waals surface area contributed by atoms with Gasteiger partial charge in [-0.15, -0.1) is 10.5 Å². The maximum atomic E-state index is 8.16. The van der Waals surface area contributed by atoms with Crippen LogP contribution in [0.25, 0.3) is 0 Å². The second-order valence-corrected chi connectivity index (χ2v) is 1.86. The fourth-order valence-electron chi connectivity index (χ4n) is 0.707. The summed E-state index contributed by atoms with van der Waals surface area (Å²) in [5.41, 5.74) is 0. The zero-order valence-corrected chi connectivity index (χ0v) is 6.02. The molecule has 0 spiro atoms. The molecule has 58 valence electrons. The summed E-state index contributed by atoms with van der Waals surface area (Å²) in [5.74, 6) is 0.704. The van der Waals surface area contributed by atoms with E-state index in [-0.39, 0.29) is 0 Å². The monoisotopic (exact) mass is 160 g/mol. The van der Waals surface area contributed by atoms with Gasteiger partial charge in [-0.1, -0.05) is 6.07 Å². The smallest absolute Gasteiger partial charge is 0.292 e. The van der Waals surface area contributed by atoms with Crippen molar-refractivity contribution in [3.63, 3.8) is 0 Å². The fraction of sp³-hybridized carbons (Fsp3) is 0. The average Bonchev–Trinajstić information content (AvgIpc) is 2.06. The van der Waals surface area contributed by atoms with Gasteiger partial charge >= 0.3 is 0 Å². The minimum absolute atomic E-state index is 0.352. The van der Waals surface area contributed by atoms with Crippen LogP contribution in [-0.2, 0) is 0 Å². The van der Waals surface area contributed by atoms with E-state index in [1.807, 2.05) is 0 Å². The summed E-state index contributed by atoms with van der Waals surface area (Å²) in [6.07, 6.45) is 3.03. The molecular formula is C8H4N2O2. The predicted molar refractivity (Wildman–Crippen MR) is 38.9 cm³/mol. The van der Waals surface area contributed by atoms with Gasteiger partial charge in [0.1, 0.15) is 11.5 Å². The van der Waals surface area contributed by atoms with Gasteiger partial charge in [0, 0.05) is 6.07 Å². The number of nitriles is 2. The number of rotatable bonds is 2. The SMILES string of the molecule is N#COc1cccc(OC#N)c1. The van der Waals surface area contributed by atoms with E-state index in [9.17, 15) is 0 Å². The van der Waals surface area contributed by atoms with Crippen LogP contribution >= 0.6 is 0 Å². The van der Waals surface area contributed by atoms with E-state index >= 15 is 0 Å². The first-order valence-corrected chi connectivity index (χ1v) is 3.09. The molecule has 0 heterocycles. The molecule has 0 saturated heterocycles. The molecular weight excluding hydrogens is 156 g/mol. The van der Waals surface area contributed by atoms with Crippen LogP contribution in [0.2, 0.25) is 0 Å². The minimum atomic E-state index is 0.352. The first-order valence-electron chi connectivity index (χ1n) is 3.09. The summed E-state index contributed by atoms with van der Waals surface area (Å²) in [4.78, 5) is 0. The molecule has 1 aromatic rings. The third kappa shape index (κ3) is 1.89. The molecule has 0 fully saturated rings. The number of nitrogens with zero attached hydrogens (tertiary/aromatic N) is 2. The van der Waals surface area contributed by atoms with Crippen LogP contribution < -0.4 is 9.47 Å². The summed E-state index contributed by atoms with van der Waals surface area (Å²) < 4.78 is 9.02. The molecule has 0 atom stereocenters. The lowest BCUT2D eigenvalue weighted by molar-refractivity contribution is 0.484. The topological polar surface area (TPSA) is 66.0 Å². The first kappa shape index (κ1) is 7.90. The van der Waals surface area contributed by atoms with Gasteiger partial charge in [0.05, 0.1) is 0 Å². The Balaban J connectivity index is 2.84. The maximum Gasteiger partial charge on any atom is 0.292 e. The first-order chi connectivity index (χ1) is 5.86. The molecule has 1 rings (SSSR count). The number of hydrogen-bond acceptors (Lipinski definition) is 4. The molecule has 0 aliphatic rings. The predicted octanol–water partition coefficient (Wildman–Crippen LogP) is 1.41. The Labute approximate surface area is 69.2 Å². The van der Waals surface area contributed by atoms with E-state index in [0.29, 0.717) is 11.5 Å². The van der Waals surface area contributed by atoms with Crippen LogP contribution in [0.4, 0.5) is 0 Å². The molecule has 0 amide bonds.